The highest BCUT2D eigenvalue weighted by Crippen LogP contribution is 2.34. The van der Waals surface area contributed by atoms with Crippen molar-refractivity contribution < 1.29 is 4.79 Å². The summed E-state index contributed by atoms with van der Waals surface area (Å²) >= 11 is 0. The van der Waals surface area contributed by atoms with Crippen LogP contribution in [0.3, 0.4) is 0 Å². The van der Waals surface area contributed by atoms with Crippen molar-refractivity contribution >= 4 is 16.7 Å². The van der Waals surface area contributed by atoms with E-state index in [1.54, 1.807) is 0 Å². The first kappa shape index (κ1) is 13.8. The van der Waals surface area contributed by atoms with Crippen LogP contribution in [0.5, 0.6) is 0 Å². The minimum atomic E-state index is 0.217. The summed E-state index contributed by atoms with van der Waals surface area (Å²) in [5.41, 5.74) is 3.70. The number of rotatable bonds is 1. The fourth-order valence-electron chi connectivity index (χ4n) is 4.43. The average molecular weight is 293 g/mol. The van der Waals surface area contributed by atoms with E-state index >= 15 is 0 Å². The van der Waals surface area contributed by atoms with Gasteiger partial charge in [-0.3, -0.25) is 4.79 Å². The molecule has 0 bridgehead atoms. The second-order valence-corrected chi connectivity index (χ2v) is 7.27. The third-order valence-electron chi connectivity index (χ3n) is 5.26. The van der Waals surface area contributed by atoms with Gasteiger partial charge in [0.15, 0.2) is 0 Å². The molecule has 0 unspecified atom stereocenters. The van der Waals surface area contributed by atoms with Gasteiger partial charge in [-0.05, 0) is 59.1 Å². The predicted molar refractivity (Wildman–Crippen MR) is 90.2 cm³/mol. The van der Waals surface area contributed by atoms with E-state index in [0.717, 1.165) is 36.9 Å². The minimum absolute atomic E-state index is 0.217. The van der Waals surface area contributed by atoms with Crippen molar-refractivity contribution in [3.05, 3.63) is 47.0 Å². The van der Waals surface area contributed by atoms with Gasteiger partial charge in [0.05, 0.1) is 0 Å². The summed E-state index contributed by atoms with van der Waals surface area (Å²) in [7, 11) is 0. The lowest BCUT2D eigenvalue weighted by Crippen LogP contribution is -2.42. The smallest absolute Gasteiger partial charge is 0.254 e. The molecule has 2 nitrogen and oxygen atoms in total. The molecule has 1 saturated heterocycles. The first-order chi connectivity index (χ1) is 10.6. The molecule has 1 heterocycles. The summed E-state index contributed by atoms with van der Waals surface area (Å²) in [4.78, 5) is 15.1. The molecule has 0 radical (unpaired) electrons. The minimum Gasteiger partial charge on any atom is -0.338 e. The van der Waals surface area contributed by atoms with Crippen LogP contribution in [-0.4, -0.2) is 23.9 Å². The van der Waals surface area contributed by atoms with Crippen molar-refractivity contribution in [2.75, 3.05) is 13.1 Å². The zero-order chi connectivity index (χ0) is 15.3. The molecule has 2 aromatic rings. The molecule has 2 aromatic carbocycles. The number of amides is 1. The quantitative estimate of drug-likeness (QED) is 0.776. The topological polar surface area (TPSA) is 20.3 Å². The molecule has 2 atom stereocenters. The highest BCUT2D eigenvalue weighted by molar-refractivity contribution is 6.09. The number of hydrogen-bond donors (Lipinski definition) is 0. The Balaban J connectivity index is 1.77. The lowest BCUT2D eigenvalue weighted by Gasteiger charge is -2.35. The van der Waals surface area contributed by atoms with Crippen LogP contribution in [0.1, 0.15) is 41.8 Å². The van der Waals surface area contributed by atoms with Crippen molar-refractivity contribution in [3.63, 3.8) is 0 Å². The van der Waals surface area contributed by atoms with Gasteiger partial charge >= 0.3 is 0 Å². The molecule has 2 heteroatoms. The maximum absolute atomic E-state index is 13.1. The Kier molecular flexibility index (Phi) is 3.21. The molecule has 0 spiro atoms. The number of nitrogens with zero attached hydrogens (tertiary/aromatic N) is 1. The van der Waals surface area contributed by atoms with Crippen LogP contribution < -0.4 is 0 Å². The zero-order valence-electron chi connectivity index (χ0n) is 13.4. The Morgan fingerprint density at radius 2 is 1.68 bits per heavy atom. The highest BCUT2D eigenvalue weighted by atomic mass is 16.2. The van der Waals surface area contributed by atoms with E-state index in [1.165, 1.54) is 22.9 Å². The molecule has 0 N–H and O–H groups in total. The van der Waals surface area contributed by atoms with Gasteiger partial charge < -0.3 is 4.90 Å². The van der Waals surface area contributed by atoms with E-state index in [-0.39, 0.29) is 5.91 Å². The van der Waals surface area contributed by atoms with Crippen LogP contribution >= 0.6 is 0 Å². The maximum atomic E-state index is 13.1. The summed E-state index contributed by atoms with van der Waals surface area (Å²) in [6.45, 7) is 6.30. The van der Waals surface area contributed by atoms with Crippen molar-refractivity contribution in [2.24, 2.45) is 11.8 Å². The Bertz CT molecular complexity index is 728. The molecule has 22 heavy (non-hydrogen) atoms. The van der Waals surface area contributed by atoms with Crippen molar-refractivity contribution in [3.8, 4) is 0 Å². The highest BCUT2D eigenvalue weighted by Gasteiger charge is 2.28. The van der Waals surface area contributed by atoms with Gasteiger partial charge in [0, 0.05) is 18.7 Å². The summed E-state index contributed by atoms with van der Waals surface area (Å²) in [6, 6.07) is 10.7. The fourth-order valence-corrected chi connectivity index (χ4v) is 4.43. The third kappa shape index (κ3) is 2.13. The summed E-state index contributed by atoms with van der Waals surface area (Å²) in [6.07, 6.45) is 3.46. The number of carbonyl (C=O) groups excluding carboxylic acids is 1. The van der Waals surface area contributed by atoms with Crippen LogP contribution in [0.25, 0.3) is 10.8 Å². The number of carbonyl (C=O) groups is 1. The van der Waals surface area contributed by atoms with Crippen LogP contribution in [-0.2, 0) is 12.8 Å². The number of likely N-dealkylation sites (tertiary alicyclic amines) is 1. The first-order valence-electron chi connectivity index (χ1n) is 8.46. The Morgan fingerprint density at radius 3 is 2.41 bits per heavy atom. The normalized spacial score (nSPS) is 24.0. The number of piperidine rings is 1. The largest absolute Gasteiger partial charge is 0.338 e. The predicted octanol–water partition coefficient (Wildman–Crippen LogP) is 4.06. The molecular formula is C20H23NO. The van der Waals surface area contributed by atoms with E-state index in [1.807, 2.05) is 0 Å². The van der Waals surface area contributed by atoms with Crippen molar-refractivity contribution in [1.82, 2.24) is 4.90 Å². The third-order valence-corrected chi connectivity index (χ3v) is 5.26. The molecule has 1 amide bonds. The van der Waals surface area contributed by atoms with Gasteiger partial charge in [-0.25, -0.2) is 0 Å². The monoisotopic (exact) mass is 293 g/mol. The fraction of sp³-hybridized carbons (Fsp3) is 0.450. The Hall–Kier alpha value is -1.83. The Morgan fingerprint density at radius 1 is 1.00 bits per heavy atom. The van der Waals surface area contributed by atoms with Crippen molar-refractivity contribution in [2.45, 2.75) is 33.1 Å². The van der Waals surface area contributed by atoms with Gasteiger partial charge in [0.2, 0.25) is 0 Å². The zero-order valence-corrected chi connectivity index (χ0v) is 13.4. The molecule has 0 saturated carbocycles. The maximum Gasteiger partial charge on any atom is 0.254 e. The lowest BCUT2D eigenvalue weighted by atomic mass is 9.91. The number of benzene rings is 2. The second-order valence-electron chi connectivity index (χ2n) is 7.27. The van der Waals surface area contributed by atoms with E-state index in [2.05, 4.69) is 49.1 Å². The average Bonchev–Trinajstić information content (AvgIpc) is 2.91. The number of aryl methyl sites for hydroxylation is 2. The van der Waals surface area contributed by atoms with E-state index < -0.39 is 0 Å². The van der Waals surface area contributed by atoms with Crippen LogP contribution in [0.2, 0.25) is 0 Å². The van der Waals surface area contributed by atoms with Crippen molar-refractivity contribution in [1.29, 1.82) is 0 Å². The van der Waals surface area contributed by atoms with Crippen LogP contribution in [0.4, 0.5) is 0 Å². The molecule has 114 valence electrons. The van der Waals surface area contributed by atoms with Gasteiger partial charge in [-0.2, -0.15) is 0 Å². The van der Waals surface area contributed by atoms with Gasteiger partial charge in [0.1, 0.15) is 0 Å². The molecule has 4 rings (SSSR count). The first-order valence-corrected chi connectivity index (χ1v) is 8.46. The molecule has 1 aliphatic heterocycles. The van der Waals surface area contributed by atoms with Gasteiger partial charge in [0.25, 0.3) is 5.91 Å². The molecule has 2 aliphatic rings. The standard InChI is InChI=1S/C20H23NO/c1-13-10-14(2)12-21(11-13)20(22)18-9-8-16-7-6-15-4-3-5-17(18)19(15)16/h3-5,8-9,13-14H,6-7,10-12H2,1-2H3/t13-,14-/m0/s1. The van der Waals surface area contributed by atoms with Crippen LogP contribution in [0.15, 0.2) is 30.3 Å². The lowest BCUT2D eigenvalue weighted by molar-refractivity contribution is 0.0625. The SMILES string of the molecule is C[C@H]1C[C@H](C)CN(C(=O)c2ccc3c4c(cccc24)CC3)C1. The van der Waals surface area contributed by atoms with Crippen LogP contribution in [0, 0.1) is 11.8 Å². The molecular weight excluding hydrogens is 270 g/mol. The summed E-state index contributed by atoms with van der Waals surface area (Å²) in [5, 5.41) is 2.50. The molecule has 1 fully saturated rings. The van der Waals surface area contributed by atoms with E-state index in [0.29, 0.717) is 11.8 Å². The molecule has 0 aromatic heterocycles. The van der Waals surface area contributed by atoms with E-state index in [4.69, 9.17) is 0 Å². The number of hydrogen-bond acceptors (Lipinski definition) is 1. The summed E-state index contributed by atoms with van der Waals surface area (Å²) in [5.74, 6) is 1.42. The second kappa shape index (κ2) is 5.12. The van der Waals surface area contributed by atoms with Gasteiger partial charge in [-0.15, -0.1) is 0 Å². The Labute approximate surface area is 132 Å². The molecule has 1 aliphatic carbocycles. The summed E-state index contributed by atoms with van der Waals surface area (Å²) < 4.78 is 0. The van der Waals surface area contributed by atoms with E-state index in [9.17, 15) is 4.79 Å². The van der Waals surface area contributed by atoms with Gasteiger partial charge in [-0.1, -0.05) is 38.1 Å².